The molecule has 0 saturated heterocycles. The zero-order chi connectivity index (χ0) is 19.6. The fourth-order valence-electron chi connectivity index (χ4n) is 2.85. The number of hydrogen-bond acceptors (Lipinski definition) is 6. The first kappa shape index (κ1) is 19.1. The van der Waals surface area contributed by atoms with Gasteiger partial charge in [0.15, 0.2) is 17.4 Å². The molecule has 1 aliphatic rings. The lowest BCUT2D eigenvalue weighted by atomic mass is 9.80. The van der Waals surface area contributed by atoms with Crippen molar-refractivity contribution in [3.8, 4) is 0 Å². The van der Waals surface area contributed by atoms with Gasteiger partial charge in [-0.15, -0.1) is 0 Å². The summed E-state index contributed by atoms with van der Waals surface area (Å²) in [6, 6.07) is 12.4. The van der Waals surface area contributed by atoms with Crippen LogP contribution in [0.2, 0.25) is 10.0 Å². The summed E-state index contributed by atoms with van der Waals surface area (Å²) in [5.41, 5.74) is 6.42. The van der Waals surface area contributed by atoms with E-state index in [0.717, 1.165) is 0 Å². The topological polar surface area (TPSA) is 98.8 Å². The van der Waals surface area contributed by atoms with Gasteiger partial charge in [0, 0.05) is 27.6 Å². The molecule has 0 aliphatic carbocycles. The van der Waals surface area contributed by atoms with E-state index in [-0.39, 0.29) is 18.0 Å². The van der Waals surface area contributed by atoms with Gasteiger partial charge in [-0.05, 0) is 48.5 Å². The second kappa shape index (κ2) is 7.90. The van der Waals surface area contributed by atoms with E-state index in [1.54, 1.807) is 36.4 Å². The summed E-state index contributed by atoms with van der Waals surface area (Å²) in [5.74, 6) is -3.81. The molecule has 0 saturated carbocycles. The Bertz CT molecular complexity index is 924. The Hall–Kier alpha value is -2.70. The van der Waals surface area contributed by atoms with Crippen molar-refractivity contribution in [2.24, 2.45) is 22.7 Å². The summed E-state index contributed by atoms with van der Waals surface area (Å²) < 4.78 is 0. The Morgan fingerprint density at radius 3 is 2.00 bits per heavy atom. The number of oxime groups is 1. The standard InChI is InChI=1S/C19H14Cl2N2O4/c20-12-5-1-10(2-6-12)15(24)9-14(16-18(22)23-27-19(16)26)17(25)11-3-7-13(21)8-4-11/h1-8,14,16H,9H2,(H2,22,23). The fourth-order valence-corrected chi connectivity index (χ4v) is 3.10. The Kier molecular flexibility index (Phi) is 5.58. The summed E-state index contributed by atoms with van der Waals surface area (Å²) in [5, 5.41) is 4.39. The first-order chi connectivity index (χ1) is 12.9. The first-order valence-electron chi connectivity index (χ1n) is 7.99. The van der Waals surface area contributed by atoms with Crippen molar-refractivity contribution in [3.63, 3.8) is 0 Å². The van der Waals surface area contributed by atoms with Crippen molar-refractivity contribution < 1.29 is 19.2 Å². The third kappa shape index (κ3) is 4.18. The molecule has 0 fully saturated rings. The number of hydrogen-bond donors (Lipinski definition) is 1. The van der Waals surface area contributed by atoms with Crippen LogP contribution in [0.1, 0.15) is 27.1 Å². The average Bonchev–Trinajstić information content (AvgIpc) is 2.98. The first-order valence-corrected chi connectivity index (χ1v) is 8.75. The second-order valence-electron chi connectivity index (χ2n) is 6.02. The van der Waals surface area contributed by atoms with Crippen molar-refractivity contribution in [2.45, 2.75) is 6.42 Å². The molecule has 6 nitrogen and oxygen atoms in total. The molecule has 1 aliphatic heterocycles. The maximum absolute atomic E-state index is 13.0. The number of nitrogens with two attached hydrogens (primary N) is 1. The van der Waals surface area contributed by atoms with E-state index in [1.165, 1.54) is 12.1 Å². The van der Waals surface area contributed by atoms with Crippen LogP contribution < -0.4 is 5.73 Å². The average molecular weight is 405 g/mol. The molecule has 0 aromatic heterocycles. The number of ketones is 2. The molecule has 0 spiro atoms. The second-order valence-corrected chi connectivity index (χ2v) is 6.89. The maximum atomic E-state index is 13.0. The summed E-state index contributed by atoms with van der Waals surface area (Å²) in [6.07, 6.45) is -0.237. The largest absolute Gasteiger partial charge is 0.384 e. The minimum atomic E-state index is -1.12. The molecule has 1 heterocycles. The number of halogens is 2. The van der Waals surface area contributed by atoms with Crippen LogP contribution in [0, 0.1) is 11.8 Å². The van der Waals surface area contributed by atoms with Crippen LogP contribution in [0.5, 0.6) is 0 Å². The number of Topliss-reactive ketones (excluding diaryl/α,β-unsaturated/α-hetero) is 2. The van der Waals surface area contributed by atoms with E-state index >= 15 is 0 Å². The Labute approximate surface area is 164 Å². The molecule has 2 aromatic rings. The fraction of sp³-hybridized carbons (Fsp3) is 0.158. The summed E-state index contributed by atoms with van der Waals surface area (Å²) in [7, 11) is 0. The molecule has 27 heavy (non-hydrogen) atoms. The van der Waals surface area contributed by atoms with Crippen molar-refractivity contribution in [2.75, 3.05) is 0 Å². The van der Waals surface area contributed by atoms with E-state index < -0.39 is 23.6 Å². The van der Waals surface area contributed by atoms with Gasteiger partial charge < -0.3 is 10.6 Å². The minimum Gasteiger partial charge on any atom is -0.384 e. The third-order valence-electron chi connectivity index (χ3n) is 4.25. The normalized spacial score (nSPS) is 17.2. The molecular weight excluding hydrogens is 391 g/mol. The van der Waals surface area contributed by atoms with Crippen LogP contribution in [-0.2, 0) is 9.63 Å². The van der Waals surface area contributed by atoms with Crippen LogP contribution in [0.15, 0.2) is 53.7 Å². The SMILES string of the molecule is NC1=NOC(=O)C1C(CC(=O)c1ccc(Cl)cc1)C(=O)c1ccc(Cl)cc1. The van der Waals surface area contributed by atoms with Crippen LogP contribution in [0.3, 0.4) is 0 Å². The highest BCUT2D eigenvalue weighted by Gasteiger charge is 2.43. The minimum absolute atomic E-state index is 0.129. The molecule has 2 aromatic carbocycles. The van der Waals surface area contributed by atoms with E-state index in [9.17, 15) is 14.4 Å². The van der Waals surface area contributed by atoms with Gasteiger partial charge in [0.05, 0.1) is 5.92 Å². The molecule has 8 heteroatoms. The Morgan fingerprint density at radius 1 is 1.00 bits per heavy atom. The number of rotatable bonds is 6. The zero-order valence-electron chi connectivity index (χ0n) is 13.9. The molecule has 0 bridgehead atoms. The van der Waals surface area contributed by atoms with E-state index in [2.05, 4.69) is 9.99 Å². The summed E-state index contributed by atoms with van der Waals surface area (Å²) >= 11 is 11.7. The van der Waals surface area contributed by atoms with Gasteiger partial charge in [0.2, 0.25) is 0 Å². The summed E-state index contributed by atoms with van der Waals surface area (Å²) in [4.78, 5) is 42.3. The number of amidine groups is 1. The highest BCUT2D eigenvalue weighted by Crippen LogP contribution is 2.28. The van der Waals surface area contributed by atoms with Gasteiger partial charge in [0.25, 0.3) is 0 Å². The molecule has 0 radical (unpaired) electrons. The lowest BCUT2D eigenvalue weighted by Gasteiger charge is -2.19. The monoisotopic (exact) mass is 404 g/mol. The van der Waals surface area contributed by atoms with Gasteiger partial charge in [-0.25, -0.2) is 4.79 Å². The van der Waals surface area contributed by atoms with Gasteiger partial charge in [-0.3, -0.25) is 9.59 Å². The Morgan fingerprint density at radius 2 is 1.52 bits per heavy atom. The Balaban J connectivity index is 1.92. The van der Waals surface area contributed by atoms with Crippen molar-refractivity contribution in [1.29, 1.82) is 0 Å². The van der Waals surface area contributed by atoms with Gasteiger partial charge >= 0.3 is 5.97 Å². The van der Waals surface area contributed by atoms with Gasteiger partial charge in [0.1, 0.15) is 5.92 Å². The molecular formula is C19H14Cl2N2O4. The lowest BCUT2D eigenvalue weighted by Crippen LogP contribution is -2.38. The van der Waals surface area contributed by atoms with E-state index in [1.807, 2.05) is 0 Å². The van der Waals surface area contributed by atoms with Crippen molar-refractivity contribution in [1.82, 2.24) is 0 Å². The predicted octanol–water partition coefficient (Wildman–Crippen LogP) is 3.51. The highest BCUT2D eigenvalue weighted by atomic mass is 35.5. The third-order valence-corrected chi connectivity index (χ3v) is 4.76. The van der Waals surface area contributed by atoms with Crippen molar-refractivity contribution in [3.05, 3.63) is 69.7 Å². The highest BCUT2D eigenvalue weighted by molar-refractivity contribution is 6.31. The molecule has 3 rings (SSSR count). The van der Waals surface area contributed by atoms with Crippen molar-refractivity contribution >= 4 is 46.6 Å². The quantitative estimate of drug-likeness (QED) is 0.586. The number of benzene rings is 2. The van der Waals surface area contributed by atoms with Crippen LogP contribution in [-0.4, -0.2) is 23.4 Å². The van der Waals surface area contributed by atoms with Gasteiger partial charge in [-0.2, -0.15) is 0 Å². The van der Waals surface area contributed by atoms with Gasteiger partial charge in [-0.1, -0.05) is 28.4 Å². The molecule has 138 valence electrons. The zero-order valence-corrected chi connectivity index (χ0v) is 15.4. The smallest absolute Gasteiger partial charge is 0.346 e. The van der Waals surface area contributed by atoms with Crippen LogP contribution >= 0.6 is 23.2 Å². The number of nitrogens with zero attached hydrogens (tertiary/aromatic N) is 1. The van der Waals surface area contributed by atoms with E-state index in [0.29, 0.717) is 21.2 Å². The molecule has 0 amide bonds. The molecule has 2 unspecified atom stereocenters. The van der Waals surface area contributed by atoms with Crippen LogP contribution in [0.25, 0.3) is 0 Å². The van der Waals surface area contributed by atoms with E-state index in [4.69, 9.17) is 28.9 Å². The van der Waals surface area contributed by atoms with Crippen LogP contribution in [0.4, 0.5) is 0 Å². The lowest BCUT2D eigenvalue weighted by molar-refractivity contribution is -0.144. The predicted molar refractivity (Wildman–Crippen MR) is 101 cm³/mol. The molecule has 2 N–H and O–H groups in total. The number of carbonyl (C=O) groups excluding carboxylic acids is 3. The molecule has 2 atom stereocenters. The maximum Gasteiger partial charge on any atom is 0.346 e. The number of carbonyl (C=O) groups is 3. The summed E-state index contributed by atoms with van der Waals surface area (Å²) in [6.45, 7) is 0.